The number of nitrogens with one attached hydrogen (secondary N) is 1. The van der Waals surface area contributed by atoms with Gasteiger partial charge in [-0.05, 0) is 34.5 Å². The molecular weight excluding hydrogens is 284 g/mol. The van der Waals surface area contributed by atoms with Gasteiger partial charge < -0.3 is 11.1 Å². The zero-order valence-corrected chi connectivity index (χ0v) is 11.0. The molecule has 0 aliphatic carbocycles. The van der Waals surface area contributed by atoms with Crippen molar-refractivity contribution >= 4 is 27.8 Å². The minimum atomic E-state index is 0.318. The molecule has 0 unspecified atom stereocenters. The van der Waals surface area contributed by atoms with Crippen molar-refractivity contribution in [2.45, 2.75) is 13.3 Å². The Morgan fingerprint density at radius 1 is 1.47 bits per heavy atom. The van der Waals surface area contributed by atoms with Gasteiger partial charge in [-0.25, -0.2) is 4.98 Å². The van der Waals surface area contributed by atoms with E-state index >= 15 is 0 Å². The van der Waals surface area contributed by atoms with Crippen LogP contribution in [-0.4, -0.2) is 26.3 Å². The number of rotatable bonds is 4. The zero-order valence-electron chi connectivity index (χ0n) is 9.39. The van der Waals surface area contributed by atoms with Gasteiger partial charge in [-0.1, -0.05) is 6.92 Å². The SMILES string of the molecule is CCCNc1nc(N)n(-c2ccc(Br)cn2)n1. The van der Waals surface area contributed by atoms with E-state index in [2.05, 4.69) is 43.2 Å². The third-order valence-electron chi connectivity index (χ3n) is 2.09. The van der Waals surface area contributed by atoms with E-state index in [4.69, 9.17) is 5.73 Å². The molecule has 0 aliphatic heterocycles. The monoisotopic (exact) mass is 296 g/mol. The summed E-state index contributed by atoms with van der Waals surface area (Å²) < 4.78 is 2.41. The van der Waals surface area contributed by atoms with Gasteiger partial charge in [0.15, 0.2) is 5.82 Å². The third kappa shape index (κ3) is 2.73. The summed E-state index contributed by atoms with van der Waals surface area (Å²) >= 11 is 3.32. The van der Waals surface area contributed by atoms with Crippen molar-refractivity contribution in [3.05, 3.63) is 22.8 Å². The van der Waals surface area contributed by atoms with Crippen molar-refractivity contribution in [2.75, 3.05) is 17.6 Å². The maximum atomic E-state index is 5.78. The molecule has 2 rings (SSSR count). The predicted molar refractivity (Wildman–Crippen MR) is 70.0 cm³/mol. The first-order valence-electron chi connectivity index (χ1n) is 5.29. The van der Waals surface area contributed by atoms with Gasteiger partial charge in [0.2, 0.25) is 11.9 Å². The number of aromatic nitrogens is 4. The van der Waals surface area contributed by atoms with Crippen LogP contribution in [0.1, 0.15) is 13.3 Å². The number of pyridine rings is 1. The molecule has 0 fully saturated rings. The molecule has 0 aliphatic rings. The van der Waals surface area contributed by atoms with Crippen LogP contribution in [-0.2, 0) is 0 Å². The highest BCUT2D eigenvalue weighted by molar-refractivity contribution is 9.10. The highest BCUT2D eigenvalue weighted by Crippen LogP contribution is 2.14. The summed E-state index contributed by atoms with van der Waals surface area (Å²) in [6.07, 6.45) is 2.70. The average molecular weight is 297 g/mol. The molecule has 2 aromatic heterocycles. The summed E-state index contributed by atoms with van der Waals surface area (Å²) in [7, 11) is 0. The van der Waals surface area contributed by atoms with Crippen LogP contribution < -0.4 is 11.1 Å². The molecule has 17 heavy (non-hydrogen) atoms. The standard InChI is InChI=1S/C10H13BrN6/c1-2-5-13-10-15-9(12)17(16-10)8-4-3-7(11)6-14-8/h3-4,6H,2,5H2,1H3,(H3,12,13,15,16). The smallest absolute Gasteiger partial charge is 0.244 e. The number of halogens is 1. The Kier molecular flexibility index (Phi) is 3.58. The molecule has 2 aromatic rings. The molecule has 0 amide bonds. The fraction of sp³-hybridized carbons (Fsp3) is 0.300. The average Bonchev–Trinajstić information content (AvgIpc) is 2.69. The van der Waals surface area contributed by atoms with Gasteiger partial charge in [0.1, 0.15) is 0 Å². The van der Waals surface area contributed by atoms with Gasteiger partial charge in [-0.15, -0.1) is 5.10 Å². The number of nitrogen functional groups attached to an aromatic ring is 1. The summed E-state index contributed by atoms with van der Waals surface area (Å²) in [5.74, 6) is 1.48. The van der Waals surface area contributed by atoms with E-state index in [1.54, 1.807) is 6.20 Å². The maximum Gasteiger partial charge on any atom is 0.244 e. The van der Waals surface area contributed by atoms with Crippen LogP contribution in [0.3, 0.4) is 0 Å². The van der Waals surface area contributed by atoms with Gasteiger partial charge in [0, 0.05) is 17.2 Å². The first-order valence-corrected chi connectivity index (χ1v) is 6.08. The molecule has 6 nitrogen and oxygen atoms in total. The van der Waals surface area contributed by atoms with Gasteiger partial charge in [0.25, 0.3) is 0 Å². The molecule has 0 bridgehead atoms. The molecule has 0 aromatic carbocycles. The van der Waals surface area contributed by atoms with E-state index in [0.29, 0.717) is 17.7 Å². The molecule has 3 N–H and O–H groups in total. The first kappa shape index (κ1) is 11.8. The van der Waals surface area contributed by atoms with E-state index in [1.807, 2.05) is 12.1 Å². The van der Waals surface area contributed by atoms with Crippen molar-refractivity contribution in [3.63, 3.8) is 0 Å². The highest BCUT2D eigenvalue weighted by Gasteiger charge is 2.08. The Hall–Kier alpha value is -1.63. The Morgan fingerprint density at radius 3 is 2.94 bits per heavy atom. The van der Waals surface area contributed by atoms with Crippen LogP contribution in [0.2, 0.25) is 0 Å². The normalized spacial score (nSPS) is 10.5. The largest absolute Gasteiger partial charge is 0.368 e. The van der Waals surface area contributed by atoms with E-state index in [-0.39, 0.29) is 0 Å². The molecule has 0 saturated heterocycles. The van der Waals surface area contributed by atoms with Crippen molar-refractivity contribution < 1.29 is 0 Å². The molecular formula is C10H13BrN6. The van der Waals surface area contributed by atoms with Crippen molar-refractivity contribution in [1.82, 2.24) is 19.7 Å². The molecule has 0 spiro atoms. The molecule has 90 valence electrons. The summed E-state index contributed by atoms with van der Waals surface area (Å²) in [6.45, 7) is 2.89. The molecule has 2 heterocycles. The Labute approximate surface area is 107 Å². The van der Waals surface area contributed by atoms with Crippen LogP contribution in [0.15, 0.2) is 22.8 Å². The Balaban J connectivity index is 2.26. The van der Waals surface area contributed by atoms with Crippen LogP contribution in [0.25, 0.3) is 5.82 Å². The van der Waals surface area contributed by atoms with E-state index < -0.39 is 0 Å². The summed E-state index contributed by atoms with van der Waals surface area (Å²) in [4.78, 5) is 8.32. The zero-order chi connectivity index (χ0) is 12.3. The summed E-state index contributed by atoms with van der Waals surface area (Å²) in [6, 6.07) is 3.70. The molecule has 0 atom stereocenters. The second kappa shape index (κ2) is 5.13. The van der Waals surface area contributed by atoms with Crippen LogP contribution in [0.4, 0.5) is 11.9 Å². The van der Waals surface area contributed by atoms with Crippen LogP contribution >= 0.6 is 15.9 Å². The van der Waals surface area contributed by atoms with Crippen molar-refractivity contribution in [3.8, 4) is 5.82 Å². The molecule has 0 saturated carbocycles. The van der Waals surface area contributed by atoms with E-state index in [1.165, 1.54) is 4.68 Å². The lowest BCUT2D eigenvalue weighted by atomic mass is 10.5. The number of hydrogen-bond acceptors (Lipinski definition) is 5. The first-order chi connectivity index (χ1) is 8.20. The number of hydrogen-bond donors (Lipinski definition) is 2. The third-order valence-corrected chi connectivity index (χ3v) is 2.56. The predicted octanol–water partition coefficient (Wildman–Crippen LogP) is 1.83. The maximum absolute atomic E-state index is 5.78. The minimum absolute atomic E-state index is 0.318. The molecule has 0 radical (unpaired) electrons. The summed E-state index contributed by atoms with van der Waals surface area (Å²) in [5.41, 5.74) is 5.78. The van der Waals surface area contributed by atoms with Crippen molar-refractivity contribution in [1.29, 1.82) is 0 Å². The van der Waals surface area contributed by atoms with Gasteiger partial charge in [0.05, 0.1) is 0 Å². The second-order valence-corrected chi connectivity index (χ2v) is 4.38. The Morgan fingerprint density at radius 2 is 2.29 bits per heavy atom. The van der Waals surface area contributed by atoms with E-state index in [0.717, 1.165) is 17.4 Å². The molecule has 7 heteroatoms. The number of nitrogens with zero attached hydrogens (tertiary/aromatic N) is 4. The number of anilines is 2. The lowest BCUT2D eigenvalue weighted by molar-refractivity contribution is 0.850. The van der Waals surface area contributed by atoms with Crippen LogP contribution in [0, 0.1) is 0 Å². The van der Waals surface area contributed by atoms with Gasteiger partial charge >= 0.3 is 0 Å². The fourth-order valence-corrected chi connectivity index (χ4v) is 1.53. The Bertz CT molecular complexity index is 492. The number of nitrogens with two attached hydrogens (primary N) is 1. The second-order valence-electron chi connectivity index (χ2n) is 3.47. The summed E-state index contributed by atoms with van der Waals surface area (Å²) in [5, 5.41) is 7.32. The van der Waals surface area contributed by atoms with Gasteiger partial charge in [-0.3, -0.25) is 0 Å². The van der Waals surface area contributed by atoms with Crippen LogP contribution in [0.5, 0.6) is 0 Å². The fourth-order valence-electron chi connectivity index (χ4n) is 1.30. The quantitative estimate of drug-likeness (QED) is 0.899. The lowest BCUT2D eigenvalue weighted by Crippen LogP contribution is -2.05. The van der Waals surface area contributed by atoms with Gasteiger partial charge in [-0.2, -0.15) is 9.67 Å². The van der Waals surface area contributed by atoms with E-state index in [9.17, 15) is 0 Å². The highest BCUT2D eigenvalue weighted by atomic mass is 79.9. The lowest BCUT2D eigenvalue weighted by Gasteiger charge is -2.00. The topological polar surface area (TPSA) is 81.6 Å². The van der Waals surface area contributed by atoms with Crippen molar-refractivity contribution in [2.24, 2.45) is 0 Å². The minimum Gasteiger partial charge on any atom is -0.368 e.